The average Bonchev–Trinajstić information content (AvgIpc) is 3.37. The van der Waals surface area contributed by atoms with Gasteiger partial charge in [0, 0.05) is 17.9 Å². The monoisotopic (exact) mass is 284 g/mol. The van der Waals surface area contributed by atoms with Crippen molar-refractivity contribution in [1.29, 1.82) is 0 Å². The van der Waals surface area contributed by atoms with E-state index in [1.165, 1.54) is 24.0 Å². The molecule has 3 heteroatoms. The first kappa shape index (κ1) is 13.3. The second kappa shape index (κ2) is 4.33. The lowest BCUT2D eigenvalue weighted by Crippen LogP contribution is -2.54. The first-order chi connectivity index (χ1) is 10.1. The standard InChI is InChI=1S/C18H24N2O/c1-17(11-19,13-6-7-13)20-16(21)15-10-18(15)9-8-12-4-2-3-5-14(12)18/h2-5,13,15H,6-11,19H2,1H3,(H,20,21). The number of nitrogens with one attached hydrogen (secondary N) is 1. The maximum absolute atomic E-state index is 12.7. The SMILES string of the molecule is CC(CN)(NC(=O)C1CC12CCc1ccccc12)C1CC1. The first-order valence-electron chi connectivity index (χ1n) is 8.19. The smallest absolute Gasteiger partial charge is 0.224 e. The average molecular weight is 284 g/mol. The molecule has 0 heterocycles. The van der Waals surface area contributed by atoms with Crippen molar-refractivity contribution in [3.63, 3.8) is 0 Å². The van der Waals surface area contributed by atoms with Gasteiger partial charge in [0.2, 0.25) is 5.91 Å². The van der Waals surface area contributed by atoms with Crippen LogP contribution in [0.3, 0.4) is 0 Å². The van der Waals surface area contributed by atoms with Gasteiger partial charge in [0.25, 0.3) is 0 Å². The molecule has 0 saturated heterocycles. The Bertz CT molecular complexity index is 595. The van der Waals surface area contributed by atoms with Crippen LogP contribution in [0, 0.1) is 11.8 Å². The van der Waals surface area contributed by atoms with Gasteiger partial charge in [0.1, 0.15) is 0 Å². The molecule has 21 heavy (non-hydrogen) atoms. The van der Waals surface area contributed by atoms with Gasteiger partial charge in [-0.2, -0.15) is 0 Å². The van der Waals surface area contributed by atoms with Crippen LogP contribution in [0.2, 0.25) is 0 Å². The molecule has 3 unspecified atom stereocenters. The predicted octanol–water partition coefficient (Wildman–Crippen LogP) is 2.13. The van der Waals surface area contributed by atoms with Crippen LogP contribution in [0.5, 0.6) is 0 Å². The molecule has 0 bridgehead atoms. The highest BCUT2D eigenvalue weighted by atomic mass is 16.2. The van der Waals surface area contributed by atoms with Crippen molar-refractivity contribution in [2.75, 3.05) is 6.54 Å². The molecular weight excluding hydrogens is 260 g/mol. The Morgan fingerprint density at radius 1 is 1.43 bits per heavy atom. The Balaban J connectivity index is 1.51. The number of fused-ring (bicyclic) bond motifs is 2. The van der Waals surface area contributed by atoms with E-state index in [1.807, 2.05) is 0 Å². The molecule has 1 aromatic rings. The molecule has 1 amide bonds. The number of nitrogens with two attached hydrogens (primary N) is 1. The largest absolute Gasteiger partial charge is 0.349 e. The Labute approximate surface area is 126 Å². The second-order valence-electron chi connectivity index (χ2n) is 7.46. The highest BCUT2D eigenvalue weighted by molar-refractivity contribution is 5.85. The van der Waals surface area contributed by atoms with E-state index >= 15 is 0 Å². The van der Waals surface area contributed by atoms with Gasteiger partial charge < -0.3 is 11.1 Å². The zero-order chi connectivity index (χ0) is 14.7. The number of carbonyl (C=O) groups is 1. The van der Waals surface area contributed by atoms with Crippen molar-refractivity contribution in [3.05, 3.63) is 35.4 Å². The number of hydrogen-bond acceptors (Lipinski definition) is 2. The fraction of sp³-hybridized carbons (Fsp3) is 0.611. The minimum atomic E-state index is -0.195. The molecule has 1 aromatic carbocycles. The number of carbonyl (C=O) groups excluding carboxylic acids is 1. The summed E-state index contributed by atoms with van der Waals surface area (Å²) in [5, 5.41) is 3.29. The molecule has 3 aliphatic carbocycles. The molecule has 3 N–H and O–H groups in total. The molecule has 0 radical (unpaired) electrons. The third-order valence-corrected chi connectivity index (χ3v) is 6.10. The van der Waals surface area contributed by atoms with Gasteiger partial charge in [-0.05, 0) is 56.1 Å². The Hall–Kier alpha value is -1.35. The Morgan fingerprint density at radius 3 is 2.90 bits per heavy atom. The van der Waals surface area contributed by atoms with Gasteiger partial charge in [-0.15, -0.1) is 0 Å². The topological polar surface area (TPSA) is 55.1 Å². The molecule has 1 spiro atoms. The molecule has 112 valence electrons. The Kier molecular flexibility index (Phi) is 2.74. The molecule has 2 fully saturated rings. The van der Waals surface area contributed by atoms with Gasteiger partial charge in [-0.1, -0.05) is 24.3 Å². The van der Waals surface area contributed by atoms with Crippen LogP contribution in [0.25, 0.3) is 0 Å². The summed E-state index contributed by atoms with van der Waals surface area (Å²) in [6, 6.07) is 8.64. The van der Waals surface area contributed by atoms with Crippen LogP contribution >= 0.6 is 0 Å². The summed E-state index contributed by atoms with van der Waals surface area (Å²) in [5.74, 6) is 0.967. The summed E-state index contributed by atoms with van der Waals surface area (Å²) in [7, 11) is 0. The molecule has 3 nitrogen and oxygen atoms in total. The quantitative estimate of drug-likeness (QED) is 0.890. The summed E-state index contributed by atoms with van der Waals surface area (Å²) in [6.45, 7) is 2.65. The highest BCUT2D eigenvalue weighted by Gasteiger charge is 2.62. The lowest BCUT2D eigenvalue weighted by atomic mass is 9.93. The number of amides is 1. The lowest BCUT2D eigenvalue weighted by molar-refractivity contribution is -0.124. The summed E-state index contributed by atoms with van der Waals surface area (Å²) in [4.78, 5) is 12.7. The van der Waals surface area contributed by atoms with E-state index in [-0.39, 0.29) is 22.8 Å². The zero-order valence-electron chi connectivity index (χ0n) is 12.7. The Morgan fingerprint density at radius 2 is 2.19 bits per heavy atom. The summed E-state index contributed by atoms with van der Waals surface area (Å²) < 4.78 is 0. The fourth-order valence-electron chi connectivity index (χ4n) is 4.35. The maximum atomic E-state index is 12.7. The molecule has 2 saturated carbocycles. The van der Waals surface area contributed by atoms with Gasteiger partial charge >= 0.3 is 0 Å². The van der Waals surface area contributed by atoms with Crippen LogP contribution in [-0.2, 0) is 16.6 Å². The van der Waals surface area contributed by atoms with Crippen LogP contribution in [0.1, 0.15) is 43.7 Å². The van der Waals surface area contributed by atoms with Gasteiger partial charge in [0.15, 0.2) is 0 Å². The lowest BCUT2D eigenvalue weighted by Gasteiger charge is -2.30. The van der Waals surface area contributed by atoms with E-state index in [2.05, 4.69) is 36.5 Å². The zero-order valence-corrected chi connectivity index (χ0v) is 12.7. The van der Waals surface area contributed by atoms with Crippen LogP contribution in [0.4, 0.5) is 0 Å². The third-order valence-electron chi connectivity index (χ3n) is 6.10. The van der Waals surface area contributed by atoms with E-state index in [0.29, 0.717) is 12.5 Å². The van der Waals surface area contributed by atoms with E-state index in [0.717, 1.165) is 19.3 Å². The molecule has 4 rings (SSSR count). The minimum Gasteiger partial charge on any atom is -0.349 e. The van der Waals surface area contributed by atoms with Gasteiger partial charge in [-0.3, -0.25) is 4.79 Å². The third kappa shape index (κ3) is 1.94. The van der Waals surface area contributed by atoms with E-state index in [9.17, 15) is 4.79 Å². The summed E-state index contributed by atoms with van der Waals surface area (Å²) >= 11 is 0. The van der Waals surface area contributed by atoms with E-state index in [1.54, 1.807) is 0 Å². The number of benzene rings is 1. The molecule has 0 aromatic heterocycles. The van der Waals surface area contributed by atoms with Crippen LogP contribution in [-0.4, -0.2) is 18.0 Å². The number of rotatable bonds is 4. The molecule has 3 atom stereocenters. The van der Waals surface area contributed by atoms with Crippen molar-refractivity contribution >= 4 is 5.91 Å². The normalized spacial score (nSPS) is 32.6. The van der Waals surface area contributed by atoms with Crippen molar-refractivity contribution in [2.24, 2.45) is 17.6 Å². The molecule has 3 aliphatic rings. The van der Waals surface area contributed by atoms with Crippen LogP contribution in [0.15, 0.2) is 24.3 Å². The summed E-state index contributed by atoms with van der Waals surface area (Å²) in [6.07, 6.45) is 5.67. The molecule has 0 aliphatic heterocycles. The van der Waals surface area contributed by atoms with Crippen molar-refractivity contribution in [1.82, 2.24) is 5.32 Å². The second-order valence-corrected chi connectivity index (χ2v) is 7.46. The molecular formula is C18H24N2O. The van der Waals surface area contributed by atoms with Gasteiger partial charge in [0.05, 0.1) is 5.54 Å². The predicted molar refractivity (Wildman–Crippen MR) is 82.9 cm³/mol. The van der Waals surface area contributed by atoms with Crippen molar-refractivity contribution < 1.29 is 4.79 Å². The van der Waals surface area contributed by atoms with E-state index in [4.69, 9.17) is 5.73 Å². The van der Waals surface area contributed by atoms with Crippen molar-refractivity contribution in [2.45, 2.75) is 50.0 Å². The fourth-order valence-corrected chi connectivity index (χ4v) is 4.35. The summed E-state index contributed by atoms with van der Waals surface area (Å²) in [5.41, 5.74) is 8.73. The highest BCUT2D eigenvalue weighted by Crippen LogP contribution is 2.61. The maximum Gasteiger partial charge on any atom is 0.224 e. The van der Waals surface area contributed by atoms with Crippen molar-refractivity contribution in [3.8, 4) is 0 Å². The number of hydrogen-bond donors (Lipinski definition) is 2. The van der Waals surface area contributed by atoms with Crippen LogP contribution < -0.4 is 11.1 Å². The van der Waals surface area contributed by atoms with Gasteiger partial charge in [-0.25, -0.2) is 0 Å². The minimum absolute atomic E-state index is 0.139. The number of aryl methyl sites for hydroxylation is 1. The first-order valence-corrected chi connectivity index (χ1v) is 8.19. The van der Waals surface area contributed by atoms with E-state index < -0.39 is 0 Å².